The van der Waals surface area contributed by atoms with Crippen molar-refractivity contribution in [1.82, 2.24) is 9.97 Å². The topological polar surface area (TPSA) is 25.8 Å². The molecule has 1 heterocycles. The molecule has 3 rings (SSSR count). The summed E-state index contributed by atoms with van der Waals surface area (Å²) >= 11 is 0. The molecule has 0 fully saturated rings. The van der Waals surface area contributed by atoms with Crippen LogP contribution in [0.2, 0.25) is 0 Å². The molecule has 2 nitrogen and oxygen atoms in total. The Labute approximate surface area is 136 Å². The fourth-order valence-corrected chi connectivity index (χ4v) is 2.99. The first-order chi connectivity index (χ1) is 11.2. The van der Waals surface area contributed by atoms with Gasteiger partial charge in [0.1, 0.15) is 0 Å². The van der Waals surface area contributed by atoms with Crippen molar-refractivity contribution in [1.29, 1.82) is 0 Å². The van der Waals surface area contributed by atoms with E-state index in [1.54, 1.807) is 0 Å². The zero-order valence-corrected chi connectivity index (χ0v) is 13.6. The SMILES string of the molecule is C=CCc1c(C)c2nc(C(=C)/C=C\C)cnc2c2ccccc12. The summed E-state index contributed by atoms with van der Waals surface area (Å²) in [6.45, 7) is 12.0. The maximum Gasteiger partial charge on any atom is 0.0968 e. The Bertz CT molecular complexity index is 949. The minimum atomic E-state index is 0.818. The van der Waals surface area contributed by atoms with Gasteiger partial charge in [0.05, 0.1) is 22.9 Å². The van der Waals surface area contributed by atoms with E-state index in [4.69, 9.17) is 9.97 Å². The molecule has 0 aliphatic rings. The first-order valence-electron chi connectivity index (χ1n) is 7.77. The van der Waals surface area contributed by atoms with E-state index in [1.807, 2.05) is 37.4 Å². The van der Waals surface area contributed by atoms with Crippen molar-refractivity contribution in [2.45, 2.75) is 20.3 Å². The van der Waals surface area contributed by atoms with Crippen LogP contribution in [0.25, 0.3) is 27.4 Å². The first-order valence-corrected chi connectivity index (χ1v) is 7.77. The monoisotopic (exact) mass is 300 g/mol. The molecule has 0 radical (unpaired) electrons. The van der Waals surface area contributed by atoms with Gasteiger partial charge in [-0.3, -0.25) is 4.98 Å². The highest BCUT2D eigenvalue weighted by atomic mass is 14.8. The number of hydrogen-bond acceptors (Lipinski definition) is 2. The maximum absolute atomic E-state index is 4.84. The van der Waals surface area contributed by atoms with Crippen molar-refractivity contribution in [3.63, 3.8) is 0 Å². The third kappa shape index (κ3) is 2.57. The molecule has 0 aliphatic carbocycles. The van der Waals surface area contributed by atoms with Gasteiger partial charge in [0.15, 0.2) is 0 Å². The zero-order valence-electron chi connectivity index (χ0n) is 13.6. The lowest BCUT2D eigenvalue weighted by Gasteiger charge is -2.13. The van der Waals surface area contributed by atoms with Crippen LogP contribution < -0.4 is 0 Å². The summed E-state index contributed by atoms with van der Waals surface area (Å²) in [6, 6.07) is 8.37. The van der Waals surface area contributed by atoms with E-state index >= 15 is 0 Å². The lowest BCUT2D eigenvalue weighted by Crippen LogP contribution is -1.98. The minimum absolute atomic E-state index is 0.818. The summed E-state index contributed by atoms with van der Waals surface area (Å²) in [5.41, 5.74) is 6.03. The van der Waals surface area contributed by atoms with Crippen molar-refractivity contribution in [3.8, 4) is 0 Å². The predicted molar refractivity (Wildman–Crippen MR) is 99.5 cm³/mol. The summed E-state index contributed by atoms with van der Waals surface area (Å²) in [4.78, 5) is 9.53. The van der Waals surface area contributed by atoms with Gasteiger partial charge in [-0.15, -0.1) is 6.58 Å². The molecule has 23 heavy (non-hydrogen) atoms. The lowest BCUT2D eigenvalue weighted by molar-refractivity contribution is 1.21. The number of aromatic nitrogens is 2. The average molecular weight is 300 g/mol. The molecule has 1 aromatic heterocycles. The molecule has 0 saturated heterocycles. The van der Waals surface area contributed by atoms with Gasteiger partial charge in [0, 0.05) is 5.39 Å². The fourth-order valence-electron chi connectivity index (χ4n) is 2.99. The number of fused-ring (bicyclic) bond motifs is 3. The van der Waals surface area contributed by atoms with Crippen LogP contribution in [0.1, 0.15) is 23.7 Å². The van der Waals surface area contributed by atoms with Gasteiger partial charge in [-0.05, 0) is 42.4 Å². The zero-order chi connectivity index (χ0) is 16.4. The van der Waals surface area contributed by atoms with E-state index in [0.717, 1.165) is 34.1 Å². The molecule has 0 bridgehead atoms. The lowest BCUT2D eigenvalue weighted by atomic mass is 9.95. The number of benzene rings is 2. The van der Waals surface area contributed by atoms with Crippen LogP contribution in [0.4, 0.5) is 0 Å². The predicted octanol–water partition coefficient (Wildman–Crippen LogP) is 5.41. The van der Waals surface area contributed by atoms with Crippen molar-refractivity contribution in [2.24, 2.45) is 0 Å². The smallest absolute Gasteiger partial charge is 0.0968 e. The van der Waals surface area contributed by atoms with Gasteiger partial charge in [-0.1, -0.05) is 49.1 Å². The van der Waals surface area contributed by atoms with Crippen LogP contribution >= 0.6 is 0 Å². The highest BCUT2D eigenvalue weighted by Crippen LogP contribution is 2.31. The number of aryl methyl sites for hydroxylation is 1. The van der Waals surface area contributed by atoms with Gasteiger partial charge in [-0.2, -0.15) is 0 Å². The molecule has 0 saturated carbocycles. The molecule has 0 spiro atoms. The molecular formula is C21H20N2. The van der Waals surface area contributed by atoms with Crippen LogP contribution in [0, 0.1) is 6.92 Å². The van der Waals surface area contributed by atoms with Crippen LogP contribution in [-0.2, 0) is 6.42 Å². The molecule has 2 heteroatoms. The van der Waals surface area contributed by atoms with Gasteiger partial charge in [-0.25, -0.2) is 4.98 Å². The van der Waals surface area contributed by atoms with Crippen molar-refractivity contribution >= 4 is 27.4 Å². The number of nitrogens with zero attached hydrogens (tertiary/aromatic N) is 2. The summed E-state index contributed by atoms with van der Waals surface area (Å²) in [6.07, 6.45) is 8.49. The molecule has 3 aromatic rings. The van der Waals surface area contributed by atoms with Crippen LogP contribution in [0.3, 0.4) is 0 Å². The molecule has 0 N–H and O–H groups in total. The molecule has 0 unspecified atom stereocenters. The number of hydrogen-bond donors (Lipinski definition) is 0. The van der Waals surface area contributed by atoms with E-state index in [0.29, 0.717) is 0 Å². The van der Waals surface area contributed by atoms with Crippen LogP contribution in [-0.4, -0.2) is 9.97 Å². The summed E-state index contributed by atoms with van der Waals surface area (Å²) in [5.74, 6) is 0. The third-order valence-corrected chi connectivity index (χ3v) is 4.13. The molecule has 114 valence electrons. The summed E-state index contributed by atoms with van der Waals surface area (Å²) in [7, 11) is 0. The Morgan fingerprint density at radius 3 is 2.61 bits per heavy atom. The average Bonchev–Trinajstić information content (AvgIpc) is 2.58. The second-order valence-electron chi connectivity index (χ2n) is 5.62. The Kier molecular flexibility index (Phi) is 4.07. The van der Waals surface area contributed by atoms with Crippen LogP contribution in [0.5, 0.6) is 0 Å². The second-order valence-corrected chi connectivity index (χ2v) is 5.62. The first kappa shape index (κ1) is 15.2. The number of rotatable bonds is 4. The number of allylic oxidation sites excluding steroid dienone is 4. The highest BCUT2D eigenvalue weighted by molar-refractivity contribution is 6.07. The molecule has 2 aromatic carbocycles. The Morgan fingerprint density at radius 2 is 1.91 bits per heavy atom. The van der Waals surface area contributed by atoms with E-state index in [-0.39, 0.29) is 0 Å². The maximum atomic E-state index is 4.84. The van der Waals surface area contributed by atoms with Crippen molar-refractivity contribution in [3.05, 3.63) is 78.7 Å². The van der Waals surface area contributed by atoms with E-state index in [1.165, 1.54) is 16.5 Å². The molecule has 0 atom stereocenters. The molecule has 0 aliphatic heterocycles. The summed E-state index contributed by atoms with van der Waals surface area (Å²) < 4.78 is 0. The normalized spacial score (nSPS) is 11.4. The largest absolute Gasteiger partial charge is 0.252 e. The van der Waals surface area contributed by atoms with E-state index in [2.05, 4.69) is 38.3 Å². The Morgan fingerprint density at radius 1 is 1.17 bits per heavy atom. The van der Waals surface area contributed by atoms with E-state index in [9.17, 15) is 0 Å². The minimum Gasteiger partial charge on any atom is -0.252 e. The standard InChI is InChI=1S/C21H20N2/c1-5-9-14(3)19-13-22-21-18-12-8-7-11-17(18)16(10-6-2)15(4)20(21)23-19/h5-9,11-13H,2-3,10H2,1,4H3/b9-5-. The Hall–Kier alpha value is -2.74. The second kappa shape index (κ2) is 6.17. The van der Waals surface area contributed by atoms with E-state index < -0.39 is 0 Å². The Balaban J connectivity index is 2.39. The quantitative estimate of drug-likeness (QED) is 0.366. The van der Waals surface area contributed by atoms with Crippen molar-refractivity contribution < 1.29 is 0 Å². The van der Waals surface area contributed by atoms with Crippen molar-refractivity contribution in [2.75, 3.05) is 0 Å². The highest BCUT2D eigenvalue weighted by Gasteiger charge is 2.13. The van der Waals surface area contributed by atoms with Gasteiger partial charge in [0.2, 0.25) is 0 Å². The van der Waals surface area contributed by atoms with Crippen LogP contribution in [0.15, 0.2) is 61.8 Å². The van der Waals surface area contributed by atoms with Gasteiger partial charge >= 0.3 is 0 Å². The summed E-state index contributed by atoms with van der Waals surface area (Å²) in [5, 5.41) is 2.37. The van der Waals surface area contributed by atoms with Gasteiger partial charge < -0.3 is 0 Å². The van der Waals surface area contributed by atoms with Gasteiger partial charge in [0.25, 0.3) is 0 Å². The molecule has 0 amide bonds. The molecular weight excluding hydrogens is 280 g/mol. The third-order valence-electron chi connectivity index (χ3n) is 4.13. The fraction of sp³-hybridized carbons (Fsp3) is 0.143.